The largest absolute Gasteiger partial charge is 0.442 e. The molecule has 130 valence electrons. The molecule has 1 atom stereocenters. The Kier molecular flexibility index (Phi) is 5.13. The predicted octanol–water partition coefficient (Wildman–Crippen LogP) is 2.65. The number of para-hydroxylation sites is 1. The fraction of sp³-hybridized carbons (Fsp3) is 0.222. The van der Waals surface area contributed by atoms with Crippen molar-refractivity contribution in [3.8, 4) is 0 Å². The molecular formula is C18H18FN3O3. The quantitative estimate of drug-likeness (QED) is 0.877. The van der Waals surface area contributed by atoms with Gasteiger partial charge in [0.15, 0.2) is 0 Å². The minimum Gasteiger partial charge on any atom is -0.442 e. The predicted molar refractivity (Wildman–Crippen MR) is 90.7 cm³/mol. The van der Waals surface area contributed by atoms with Gasteiger partial charge in [-0.05, 0) is 29.8 Å². The number of anilines is 1. The van der Waals surface area contributed by atoms with Gasteiger partial charge in [0.05, 0.1) is 13.1 Å². The number of carbonyl (C=O) groups excluding carboxylic acids is 2. The van der Waals surface area contributed by atoms with Gasteiger partial charge in [-0.3, -0.25) is 4.90 Å². The van der Waals surface area contributed by atoms with E-state index in [9.17, 15) is 14.0 Å². The van der Waals surface area contributed by atoms with Gasteiger partial charge >= 0.3 is 12.1 Å². The van der Waals surface area contributed by atoms with Crippen molar-refractivity contribution in [3.05, 3.63) is 66.0 Å². The second-order valence-corrected chi connectivity index (χ2v) is 5.64. The van der Waals surface area contributed by atoms with Crippen LogP contribution in [0.4, 0.5) is 19.7 Å². The summed E-state index contributed by atoms with van der Waals surface area (Å²) in [6.07, 6.45) is -0.839. The summed E-state index contributed by atoms with van der Waals surface area (Å²) in [5.41, 5.74) is 1.55. The van der Waals surface area contributed by atoms with Crippen LogP contribution in [0.1, 0.15) is 5.56 Å². The zero-order valence-electron chi connectivity index (χ0n) is 13.4. The summed E-state index contributed by atoms with van der Waals surface area (Å²) >= 11 is 0. The maximum atomic E-state index is 12.8. The van der Waals surface area contributed by atoms with Crippen molar-refractivity contribution in [1.82, 2.24) is 10.6 Å². The Bertz CT molecular complexity index is 737. The molecule has 2 aromatic carbocycles. The molecule has 1 aliphatic heterocycles. The van der Waals surface area contributed by atoms with Gasteiger partial charge in [0.1, 0.15) is 11.9 Å². The van der Waals surface area contributed by atoms with Gasteiger partial charge in [-0.15, -0.1) is 0 Å². The second kappa shape index (κ2) is 7.65. The lowest BCUT2D eigenvalue weighted by molar-refractivity contribution is 0.140. The number of hydrogen-bond donors (Lipinski definition) is 2. The molecule has 7 heteroatoms. The Morgan fingerprint density at radius 3 is 2.56 bits per heavy atom. The van der Waals surface area contributed by atoms with E-state index in [1.165, 1.54) is 17.0 Å². The normalized spacial score (nSPS) is 16.4. The van der Waals surface area contributed by atoms with Crippen molar-refractivity contribution >= 4 is 17.8 Å². The Morgan fingerprint density at radius 2 is 1.84 bits per heavy atom. The fourth-order valence-corrected chi connectivity index (χ4v) is 2.50. The van der Waals surface area contributed by atoms with Crippen LogP contribution in [-0.4, -0.2) is 31.3 Å². The standard InChI is InChI=1S/C18H18FN3O3/c19-14-8-6-13(7-9-14)10-20-17(23)21-11-16-12-22(18(24)25-16)15-4-2-1-3-5-15/h1-9,16H,10-12H2,(H2,20,21,23). The van der Waals surface area contributed by atoms with Crippen LogP contribution in [0.3, 0.4) is 0 Å². The third kappa shape index (κ3) is 4.47. The zero-order chi connectivity index (χ0) is 17.6. The number of ether oxygens (including phenoxy) is 1. The number of amides is 3. The van der Waals surface area contributed by atoms with Crippen LogP contribution in [0.25, 0.3) is 0 Å². The van der Waals surface area contributed by atoms with E-state index < -0.39 is 12.2 Å². The molecule has 1 saturated heterocycles. The van der Waals surface area contributed by atoms with E-state index in [-0.39, 0.29) is 24.9 Å². The first-order chi connectivity index (χ1) is 12.1. The third-order valence-electron chi connectivity index (χ3n) is 3.80. The van der Waals surface area contributed by atoms with Gasteiger partial charge < -0.3 is 15.4 Å². The Hall–Kier alpha value is -3.09. The zero-order valence-corrected chi connectivity index (χ0v) is 13.4. The van der Waals surface area contributed by atoms with Crippen LogP contribution >= 0.6 is 0 Å². The number of nitrogens with one attached hydrogen (secondary N) is 2. The summed E-state index contributed by atoms with van der Waals surface area (Å²) < 4.78 is 18.1. The van der Waals surface area contributed by atoms with Crippen molar-refractivity contribution in [1.29, 1.82) is 0 Å². The maximum absolute atomic E-state index is 12.8. The van der Waals surface area contributed by atoms with E-state index in [0.717, 1.165) is 11.3 Å². The summed E-state index contributed by atoms with van der Waals surface area (Å²) in [6.45, 7) is 0.873. The number of cyclic esters (lactones) is 1. The average Bonchev–Trinajstić information content (AvgIpc) is 3.01. The van der Waals surface area contributed by atoms with E-state index in [2.05, 4.69) is 10.6 Å². The van der Waals surface area contributed by atoms with Crippen LogP contribution in [0, 0.1) is 5.82 Å². The average molecular weight is 343 g/mol. The highest BCUT2D eigenvalue weighted by Crippen LogP contribution is 2.20. The van der Waals surface area contributed by atoms with E-state index in [4.69, 9.17) is 4.74 Å². The van der Waals surface area contributed by atoms with Crippen molar-refractivity contribution in [3.63, 3.8) is 0 Å². The molecule has 1 heterocycles. The number of urea groups is 1. The molecule has 2 aromatic rings. The fourth-order valence-electron chi connectivity index (χ4n) is 2.50. The van der Waals surface area contributed by atoms with E-state index >= 15 is 0 Å². The molecule has 0 radical (unpaired) electrons. The SMILES string of the molecule is O=C(NCc1ccc(F)cc1)NCC1CN(c2ccccc2)C(=O)O1. The van der Waals surface area contributed by atoms with Gasteiger partial charge in [0.25, 0.3) is 0 Å². The lowest BCUT2D eigenvalue weighted by atomic mass is 10.2. The van der Waals surface area contributed by atoms with Crippen LogP contribution in [0.2, 0.25) is 0 Å². The van der Waals surface area contributed by atoms with Gasteiger partial charge in [-0.2, -0.15) is 0 Å². The van der Waals surface area contributed by atoms with E-state index in [1.54, 1.807) is 12.1 Å². The lowest BCUT2D eigenvalue weighted by Crippen LogP contribution is -2.40. The van der Waals surface area contributed by atoms with Crippen molar-refractivity contribution in [2.45, 2.75) is 12.6 Å². The highest BCUT2D eigenvalue weighted by molar-refractivity contribution is 5.89. The molecule has 1 aliphatic rings. The van der Waals surface area contributed by atoms with Crippen LogP contribution < -0.4 is 15.5 Å². The molecule has 0 aromatic heterocycles. The van der Waals surface area contributed by atoms with Crippen LogP contribution in [0.5, 0.6) is 0 Å². The molecule has 0 spiro atoms. The van der Waals surface area contributed by atoms with Crippen molar-refractivity contribution < 1.29 is 18.7 Å². The summed E-state index contributed by atoms with van der Waals surface area (Å²) in [7, 11) is 0. The van der Waals surface area contributed by atoms with Gasteiger partial charge in [0.2, 0.25) is 0 Å². The summed E-state index contributed by atoms with van der Waals surface area (Å²) in [5.74, 6) is -0.320. The second-order valence-electron chi connectivity index (χ2n) is 5.64. The van der Waals surface area contributed by atoms with E-state index in [0.29, 0.717) is 6.54 Å². The maximum Gasteiger partial charge on any atom is 0.414 e. The number of carbonyl (C=O) groups is 2. The first kappa shape index (κ1) is 16.8. The molecule has 0 saturated carbocycles. The summed E-state index contributed by atoms with van der Waals surface area (Å²) in [6, 6.07) is 14.7. The number of benzene rings is 2. The van der Waals surface area contributed by atoms with Gasteiger partial charge in [-0.25, -0.2) is 14.0 Å². The van der Waals surface area contributed by atoms with Gasteiger partial charge in [-0.1, -0.05) is 30.3 Å². The lowest BCUT2D eigenvalue weighted by Gasteiger charge is -2.13. The van der Waals surface area contributed by atoms with Crippen molar-refractivity contribution in [2.75, 3.05) is 18.0 Å². The molecule has 3 amide bonds. The minimum absolute atomic E-state index is 0.213. The Labute approximate surface area is 144 Å². The number of nitrogens with zero attached hydrogens (tertiary/aromatic N) is 1. The molecule has 1 unspecified atom stereocenters. The molecule has 2 N–H and O–H groups in total. The first-order valence-corrected chi connectivity index (χ1v) is 7.91. The number of rotatable bonds is 5. The minimum atomic E-state index is -0.426. The Balaban J connectivity index is 1.43. The summed E-state index contributed by atoms with van der Waals surface area (Å²) in [4.78, 5) is 25.3. The highest BCUT2D eigenvalue weighted by Gasteiger charge is 2.32. The molecule has 1 fully saturated rings. The molecule has 6 nitrogen and oxygen atoms in total. The molecule has 0 aliphatic carbocycles. The van der Waals surface area contributed by atoms with Crippen molar-refractivity contribution in [2.24, 2.45) is 0 Å². The topological polar surface area (TPSA) is 70.7 Å². The van der Waals surface area contributed by atoms with Crippen LogP contribution in [-0.2, 0) is 11.3 Å². The summed E-state index contributed by atoms with van der Waals surface area (Å²) in [5, 5.41) is 5.34. The molecule has 0 bridgehead atoms. The monoisotopic (exact) mass is 343 g/mol. The smallest absolute Gasteiger partial charge is 0.414 e. The number of hydrogen-bond acceptors (Lipinski definition) is 3. The van der Waals surface area contributed by atoms with Gasteiger partial charge in [0, 0.05) is 12.2 Å². The molecule has 25 heavy (non-hydrogen) atoms. The van der Waals surface area contributed by atoms with Crippen LogP contribution in [0.15, 0.2) is 54.6 Å². The highest BCUT2D eigenvalue weighted by atomic mass is 19.1. The van der Waals surface area contributed by atoms with E-state index in [1.807, 2.05) is 30.3 Å². The first-order valence-electron chi connectivity index (χ1n) is 7.91. The third-order valence-corrected chi connectivity index (χ3v) is 3.80. The molecule has 3 rings (SSSR count). The Morgan fingerprint density at radius 1 is 1.12 bits per heavy atom. The number of halogens is 1. The molecular weight excluding hydrogens is 325 g/mol.